The number of nitrogens with one attached hydrogen (secondary N) is 1. The quantitative estimate of drug-likeness (QED) is 0.852. The van der Waals surface area contributed by atoms with Crippen LogP contribution in [0.25, 0.3) is 11.3 Å². The predicted octanol–water partition coefficient (Wildman–Crippen LogP) is 2.54. The maximum Gasteiger partial charge on any atom is 0.106 e. The zero-order valence-electron chi connectivity index (χ0n) is 10.6. The number of aromatic nitrogens is 2. The van der Waals surface area contributed by atoms with E-state index in [0.717, 1.165) is 16.8 Å². The summed E-state index contributed by atoms with van der Waals surface area (Å²) in [6, 6.07) is 9.83. The topological polar surface area (TPSA) is 58.1 Å². The van der Waals surface area contributed by atoms with E-state index in [1.54, 1.807) is 6.20 Å². The number of aromatic amines is 1. The largest absolute Gasteiger partial charge is 0.386 e. The first-order chi connectivity index (χ1) is 8.68. The molecule has 4 heteroatoms. The summed E-state index contributed by atoms with van der Waals surface area (Å²) in [5.74, 6) is 0. The molecule has 1 aromatic carbocycles. The zero-order chi connectivity index (χ0) is 13.0. The van der Waals surface area contributed by atoms with Gasteiger partial charge in [0, 0.05) is 5.56 Å². The molecule has 4 nitrogen and oxygen atoms in total. The van der Waals surface area contributed by atoms with Crippen molar-refractivity contribution < 1.29 is 9.84 Å². The highest BCUT2D eigenvalue weighted by Gasteiger charge is 2.16. The molecule has 0 saturated carbocycles. The lowest BCUT2D eigenvalue weighted by Gasteiger charge is -2.13. The fourth-order valence-corrected chi connectivity index (χ4v) is 1.76. The Morgan fingerprint density at radius 2 is 2.00 bits per heavy atom. The maximum atomic E-state index is 10.1. The van der Waals surface area contributed by atoms with E-state index in [2.05, 4.69) is 10.2 Å². The van der Waals surface area contributed by atoms with Gasteiger partial charge in [0.15, 0.2) is 0 Å². The molecule has 2 aromatic rings. The Hall–Kier alpha value is -1.65. The van der Waals surface area contributed by atoms with E-state index in [9.17, 15) is 5.11 Å². The highest BCUT2D eigenvalue weighted by Crippen LogP contribution is 2.26. The molecular formula is C14H18N2O2. The lowest BCUT2D eigenvalue weighted by atomic mass is 10.0. The third kappa shape index (κ3) is 2.97. The van der Waals surface area contributed by atoms with Crippen LogP contribution in [0.4, 0.5) is 0 Å². The van der Waals surface area contributed by atoms with Gasteiger partial charge in [0.05, 0.1) is 24.6 Å². The number of hydrogen-bond acceptors (Lipinski definition) is 3. The second-order valence-corrected chi connectivity index (χ2v) is 4.46. The highest BCUT2D eigenvalue weighted by molar-refractivity contribution is 5.62. The minimum absolute atomic E-state index is 0.103. The Labute approximate surface area is 107 Å². The summed E-state index contributed by atoms with van der Waals surface area (Å²) in [4.78, 5) is 0. The third-order valence-corrected chi connectivity index (χ3v) is 2.68. The van der Waals surface area contributed by atoms with Gasteiger partial charge in [-0.15, -0.1) is 0 Å². The molecule has 0 aliphatic rings. The second kappa shape index (κ2) is 5.80. The lowest BCUT2D eigenvalue weighted by molar-refractivity contribution is 0.00515. The van der Waals surface area contributed by atoms with Gasteiger partial charge in [-0.3, -0.25) is 5.10 Å². The van der Waals surface area contributed by atoms with Crippen molar-refractivity contribution in [3.05, 3.63) is 42.1 Å². The summed E-state index contributed by atoms with van der Waals surface area (Å²) in [7, 11) is 0. The summed E-state index contributed by atoms with van der Waals surface area (Å²) in [5.41, 5.74) is 2.62. The van der Waals surface area contributed by atoms with E-state index in [4.69, 9.17) is 4.74 Å². The first-order valence-corrected chi connectivity index (χ1v) is 6.07. The Morgan fingerprint density at radius 1 is 1.28 bits per heavy atom. The smallest absolute Gasteiger partial charge is 0.106 e. The van der Waals surface area contributed by atoms with Crippen LogP contribution >= 0.6 is 0 Å². The third-order valence-electron chi connectivity index (χ3n) is 2.68. The molecule has 0 amide bonds. The van der Waals surface area contributed by atoms with Crippen molar-refractivity contribution in [2.75, 3.05) is 6.61 Å². The number of benzene rings is 1. The Balaban J connectivity index is 2.17. The van der Waals surface area contributed by atoms with Gasteiger partial charge in [0.2, 0.25) is 0 Å². The number of aliphatic hydroxyl groups excluding tert-OH is 1. The second-order valence-electron chi connectivity index (χ2n) is 4.46. The monoisotopic (exact) mass is 246 g/mol. The van der Waals surface area contributed by atoms with Gasteiger partial charge in [-0.1, -0.05) is 30.3 Å². The summed E-state index contributed by atoms with van der Waals surface area (Å²) < 4.78 is 5.43. The summed E-state index contributed by atoms with van der Waals surface area (Å²) >= 11 is 0. The molecule has 2 rings (SSSR count). The molecule has 1 aromatic heterocycles. The highest BCUT2D eigenvalue weighted by atomic mass is 16.5. The molecule has 18 heavy (non-hydrogen) atoms. The van der Waals surface area contributed by atoms with E-state index in [1.807, 2.05) is 44.2 Å². The Kier molecular flexibility index (Phi) is 4.12. The van der Waals surface area contributed by atoms with Crippen LogP contribution in [0.15, 0.2) is 36.5 Å². The molecular weight excluding hydrogens is 228 g/mol. The molecule has 0 fully saturated rings. The van der Waals surface area contributed by atoms with Crippen molar-refractivity contribution in [1.29, 1.82) is 0 Å². The summed E-state index contributed by atoms with van der Waals surface area (Å²) in [5, 5.41) is 17.0. The number of nitrogens with zero attached hydrogens (tertiary/aromatic N) is 1. The molecule has 96 valence electrons. The fraction of sp³-hybridized carbons (Fsp3) is 0.357. The molecule has 1 unspecified atom stereocenters. The summed E-state index contributed by atoms with van der Waals surface area (Å²) in [6.07, 6.45) is 1.09. The fourth-order valence-electron chi connectivity index (χ4n) is 1.76. The molecule has 0 spiro atoms. The van der Waals surface area contributed by atoms with E-state index in [1.165, 1.54) is 0 Å². The standard InChI is InChI=1S/C14H18N2O2/c1-10(2)18-9-13(17)12-8-15-16-14(12)11-6-4-3-5-7-11/h3-8,10,13,17H,9H2,1-2H3,(H,15,16). The molecule has 0 radical (unpaired) electrons. The number of aliphatic hydroxyl groups is 1. The molecule has 1 atom stereocenters. The SMILES string of the molecule is CC(C)OCC(O)c1cn[nH]c1-c1ccccc1. The van der Waals surface area contributed by atoms with Gasteiger partial charge in [0.25, 0.3) is 0 Å². The predicted molar refractivity (Wildman–Crippen MR) is 70.1 cm³/mol. The van der Waals surface area contributed by atoms with Crippen molar-refractivity contribution >= 4 is 0 Å². The zero-order valence-corrected chi connectivity index (χ0v) is 10.6. The van der Waals surface area contributed by atoms with Crippen LogP contribution < -0.4 is 0 Å². The van der Waals surface area contributed by atoms with Gasteiger partial charge in [-0.25, -0.2) is 0 Å². The molecule has 0 bridgehead atoms. The van der Waals surface area contributed by atoms with E-state index >= 15 is 0 Å². The number of rotatable bonds is 5. The lowest BCUT2D eigenvalue weighted by Crippen LogP contribution is -2.12. The number of ether oxygens (including phenoxy) is 1. The van der Waals surface area contributed by atoms with Gasteiger partial charge < -0.3 is 9.84 Å². The minimum Gasteiger partial charge on any atom is -0.386 e. The van der Waals surface area contributed by atoms with Gasteiger partial charge in [-0.05, 0) is 19.4 Å². The van der Waals surface area contributed by atoms with E-state index < -0.39 is 6.10 Å². The van der Waals surface area contributed by atoms with Crippen LogP contribution in [0.3, 0.4) is 0 Å². The van der Waals surface area contributed by atoms with Crippen molar-refractivity contribution in [1.82, 2.24) is 10.2 Å². The average molecular weight is 246 g/mol. The maximum absolute atomic E-state index is 10.1. The van der Waals surface area contributed by atoms with Crippen LogP contribution in [0.5, 0.6) is 0 Å². The molecule has 0 saturated heterocycles. The number of H-pyrrole nitrogens is 1. The van der Waals surface area contributed by atoms with Crippen molar-refractivity contribution in [3.63, 3.8) is 0 Å². The molecule has 1 heterocycles. The average Bonchev–Trinajstić information content (AvgIpc) is 2.86. The van der Waals surface area contributed by atoms with Crippen LogP contribution in [0, 0.1) is 0 Å². The molecule has 0 aliphatic heterocycles. The van der Waals surface area contributed by atoms with Crippen LogP contribution in [-0.4, -0.2) is 28.0 Å². The Morgan fingerprint density at radius 3 is 2.67 bits per heavy atom. The summed E-state index contributed by atoms with van der Waals surface area (Å²) in [6.45, 7) is 4.16. The van der Waals surface area contributed by atoms with E-state index in [-0.39, 0.29) is 12.7 Å². The molecule has 2 N–H and O–H groups in total. The normalized spacial score (nSPS) is 12.9. The first kappa shape index (κ1) is 12.8. The van der Waals surface area contributed by atoms with Crippen molar-refractivity contribution in [2.24, 2.45) is 0 Å². The van der Waals surface area contributed by atoms with Crippen LogP contribution in [0.1, 0.15) is 25.5 Å². The van der Waals surface area contributed by atoms with Gasteiger partial charge >= 0.3 is 0 Å². The van der Waals surface area contributed by atoms with Gasteiger partial charge in [-0.2, -0.15) is 5.10 Å². The minimum atomic E-state index is -0.665. The number of hydrogen-bond donors (Lipinski definition) is 2. The van der Waals surface area contributed by atoms with Crippen LogP contribution in [-0.2, 0) is 4.74 Å². The van der Waals surface area contributed by atoms with Gasteiger partial charge in [0.1, 0.15) is 6.10 Å². The first-order valence-electron chi connectivity index (χ1n) is 6.07. The van der Waals surface area contributed by atoms with Crippen LogP contribution in [0.2, 0.25) is 0 Å². The Bertz CT molecular complexity index is 480. The van der Waals surface area contributed by atoms with Crippen molar-refractivity contribution in [2.45, 2.75) is 26.1 Å². The van der Waals surface area contributed by atoms with Crippen molar-refractivity contribution in [3.8, 4) is 11.3 Å². The van der Waals surface area contributed by atoms with E-state index in [0.29, 0.717) is 0 Å². The molecule has 0 aliphatic carbocycles.